The van der Waals surface area contributed by atoms with Gasteiger partial charge in [0.2, 0.25) is 0 Å². The number of anilines is 2. The van der Waals surface area contributed by atoms with Crippen molar-refractivity contribution >= 4 is 17.3 Å². The molecule has 0 atom stereocenters. The number of hydrogen-bond donors (Lipinski definition) is 2. The SMILES string of the molecule is Cc1ccc(N)cc1NC(=O)c1cccc(C)c1C. The van der Waals surface area contributed by atoms with E-state index in [-0.39, 0.29) is 5.91 Å². The Labute approximate surface area is 113 Å². The number of amides is 1. The maximum absolute atomic E-state index is 12.3. The smallest absolute Gasteiger partial charge is 0.255 e. The van der Waals surface area contributed by atoms with Crippen LogP contribution >= 0.6 is 0 Å². The first-order valence-electron chi connectivity index (χ1n) is 6.22. The highest BCUT2D eigenvalue weighted by Crippen LogP contribution is 2.20. The number of nitrogens with one attached hydrogen (secondary N) is 1. The van der Waals surface area contributed by atoms with E-state index in [2.05, 4.69) is 5.32 Å². The lowest BCUT2D eigenvalue weighted by molar-refractivity contribution is 0.102. The predicted octanol–water partition coefficient (Wildman–Crippen LogP) is 3.45. The molecule has 3 heteroatoms. The van der Waals surface area contributed by atoms with Gasteiger partial charge in [-0.3, -0.25) is 4.79 Å². The molecule has 0 spiro atoms. The number of carbonyl (C=O) groups is 1. The molecule has 0 radical (unpaired) electrons. The van der Waals surface area contributed by atoms with E-state index >= 15 is 0 Å². The van der Waals surface area contributed by atoms with Crippen LogP contribution in [-0.2, 0) is 0 Å². The molecular weight excluding hydrogens is 236 g/mol. The van der Waals surface area contributed by atoms with Gasteiger partial charge >= 0.3 is 0 Å². The zero-order valence-corrected chi connectivity index (χ0v) is 11.4. The highest BCUT2D eigenvalue weighted by atomic mass is 16.1. The van der Waals surface area contributed by atoms with Gasteiger partial charge in [-0.05, 0) is 55.7 Å². The van der Waals surface area contributed by atoms with Crippen LogP contribution in [0.2, 0.25) is 0 Å². The van der Waals surface area contributed by atoms with Gasteiger partial charge in [-0.25, -0.2) is 0 Å². The second kappa shape index (κ2) is 5.14. The van der Waals surface area contributed by atoms with Crippen LogP contribution in [0.5, 0.6) is 0 Å². The molecule has 2 aromatic rings. The zero-order chi connectivity index (χ0) is 14.0. The fourth-order valence-electron chi connectivity index (χ4n) is 1.96. The molecule has 0 unspecified atom stereocenters. The Bertz CT molecular complexity index is 633. The largest absolute Gasteiger partial charge is 0.399 e. The molecule has 1 amide bonds. The van der Waals surface area contributed by atoms with E-state index in [1.807, 2.05) is 51.1 Å². The van der Waals surface area contributed by atoms with Crippen LogP contribution in [0.25, 0.3) is 0 Å². The lowest BCUT2D eigenvalue weighted by atomic mass is 10.0. The highest BCUT2D eigenvalue weighted by molar-refractivity contribution is 6.06. The normalized spacial score (nSPS) is 10.3. The number of hydrogen-bond acceptors (Lipinski definition) is 2. The third kappa shape index (κ3) is 2.76. The van der Waals surface area contributed by atoms with E-state index in [0.717, 1.165) is 22.4 Å². The summed E-state index contributed by atoms with van der Waals surface area (Å²) in [5.41, 5.74) is 10.9. The average Bonchev–Trinajstić information content (AvgIpc) is 2.37. The third-order valence-electron chi connectivity index (χ3n) is 3.36. The van der Waals surface area contributed by atoms with Gasteiger partial charge in [0.1, 0.15) is 0 Å². The van der Waals surface area contributed by atoms with Gasteiger partial charge in [0.25, 0.3) is 5.91 Å². The predicted molar refractivity (Wildman–Crippen MR) is 79.5 cm³/mol. The van der Waals surface area contributed by atoms with E-state index in [1.165, 1.54) is 0 Å². The first-order chi connectivity index (χ1) is 8.99. The second-order valence-corrected chi connectivity index (χ2v) is 4.78. The Morgan fingerprint density at radius 1 is 1.05 bits per heavy atom. The van der Waals surface area contributed by atoms with Crippen molar-refractivity contribution in [1.29, 1.82) is 0 Å². The van der Waals surface area contributed by atoms with Crippen molar-refractivity contribution in [2.75, 3.05) is 11.1 Å². The fourth-order valence-corrected chi connectivity index (χ4v) is 1.96. The zero-order valence-electron chi connectivity index (χ0n) is 11.4. The van der Waals surface area contributed by atoms with Crippen molar-refractivity contribution < 1.29 is 4.79 Å². The van der Waals surface area contributed by atoms with Gasteiger partial charge in [-0.2, -0.15) is 0 Å². The molecule has 0 aromatic heterocycles. The lowest BCUT2D eigenvalue weighted by Gasteiger charge is -2.11. The molecule has 19 heavy (non-hydrogen) atoms. The molecule has 0 aliphatic rings. The van der Waals surface area contributed by atoms with E-state index < -0.39 is 0 Å². The number of rotatable bonds is 2. The average molecular weight is 254 g/mol. The van der Waals surface area contributed by atoms with Gasteiger partial charge in [0.05, 0.1) is 0 Å². The van der Waals surface area contributed by atoms with Crippen LogP contribution in [0.15, 0.2) is 36.4 Å². The molecule has 0 heterocycles. The molecule has 98 valence electrons. The summed E-state index contributed by atoms with van der Waals surface area (Å²) in [6.45, 7) is 5.90. The van der Waals surface area contributed by atoms with Crippen molar-refractivity contribution in [2.45, 2.75) is 20.8 Å². The highest BCUT2D eigenvalue weighted by Gasteiger charge is 2.11. The summed E-state index contributed by atoms with van der Waals surface area (Å²) < 4.78 is 0. The summed E-state index contributed by atoms with van der Waals surface area (Å²) >= 11 is 0. The number of carbonyl (C=O) groups excluding carboxylic acids is 1. The summed E-state index contributed by atoms with van der Waals surface area (Å²) in [6.07, 6.45) is 0. The number of aryl methyl sites for hydroxylation is 2. The van der Waals surface area contributed by atoms with Gasteiger partial charge in [0, 0.05) is 16.9 Å². The minimum atomic E-state index is -0.102. The van der Waals surface area contributed by atoms with Gasteiger partial charge in [0.15, 0.2) is 0 Å². The lowest BCUT2D eigenvalue weighted by Crippen LogP contribution is -2.14. The van der Waals surface area contributed by atoms with Gasteiger partial charge in [-0.1, -0.05) is 18.2 Å². The Hall–Kier alpha value is -2.29. The molecule has 0 aliphatic carbocycles. The van der Waals surface area contributed by atoms with E-state index in [1.54, 1.807) is 6.07 Å². The molecule has 0 saturated heterocycles. The molecule has 0 fully saturated rings. The fraction of sp³-hybridized carbons (Fsp3) is 0.188. The summed E-state index contributed by atoms with van der Waals surface area (Å²) in [7, 11) is 0. The first kappa shape index (κ1) is 13.1. The Kier molecular flexibility index (Phi) is 3.56. The second-order valence-electron chi connectivity index (χ2n) is 4.78. The van der Waals surface area contributed by atoms with E-state index in [4.69, 9.17) is 5.73 Å². The third-order valence-corrected chi connectivity index (χ3v) is 3.36. The number of nitrogens with two attached hydrogens (primary N) is 1. The van der Waals surface area contributed by atoms with Gasteiger partial charge < -0.3 is 11.1 Å². The summed E-state index contributed by atoms with van der Waals surface area (Å²) in [5, 5.41) is 2.92. The molecule has 3 nitrogen and oxygen atoms in total. The first-order valence-corrected chi connectivity index (χ1v) is 6.22. The van der Waals surface area contributed by atoms with Crippen LogP contribution in [-0.4, -0.2) is 5.91 Å². The van der Waals surface area contributed by atoms with E-state index in [9.17, 15) is 4.79 Å². The van der Waals surface area contributed by atoms with Crippen molar-refractivity contribution in [3.63, 3.8) is 0 Å². The van der Waals surface area contributed by atoms with Crippen molar-refractivity contribution in [1.82, 2.24) is 0 Å². The Morgan fingerprint density at radius 3 is 2.53 bits per heavy atom. The minimum Gasteiger partial charge on any atom is -0.399 e. The molecule has 2 aromatic carbocycles. The maximum Gasteiger partial charge on any atom is 0.255 e. The van der Waals surface area contributed by atoms with Crippen LogP contribution in [0.4, 0.5) is 11.4 Å². The Balaban J connectivity index is 2.31. The van der Waals surface area contributed by atoms with Crippen molar-refractivity contribution in [2.24, 2.45) is 0 Å². The Morgan fingerprint density at radius 2 is 1.79 bits per heavy atom. The van der Waals surface area contributed by atoms with Crippen molar-refractivity contribution in [3.05, 3.63) is 58.7 Å². The summed E-state index contributed by atoms with van der Waals surface area (Å²) in [5.74, 6) is -0.102. The number of benzene rings is 2. The topological polar surface area (TPSA) is 55.1 Å². The van der Waals surface area contributed by atoms with Gasteiger partial charge in [-0.15, -0.1) is 0 Å². The van der Waals surface area contributed by atoms with Crippen LogP contribution in [0, 0.1) is 20.8 Å². The molecule has 0 saturated carbocycles. The molecule has 2 rings (SSSR count). The van der Waals surface area contributed by atoms with E-state index in [0.29, 0.717) is 11.3 Å². The van der Waals surface area contributed by atoms with Crippen LogP contribution in [0.3, 0.4) is 0 Å². The molecule has 0 bridgehead atoms. The molecule has 3 N–H and O–H groups in total. The van der Waals surface area contributed by atoms with Crippen molar-refractivity contribution in [3.8, 4) is 0 Å². The molecule has 0 aliphatic heterocycles. The summed E-state index contributed by atoms with van der Waals surface area (Å²) in [6, 6.07) is 11.2. The quantitative estimate of drug-likeness (QED) is 0.806. The van der Waals surface area contributed by atoms with Crippen LogP contribution in [0.1, 0.15) is 27.0 Å². The maximum atomic E-state index is 12.3. The minimum absolute atomic E-state index is 0.102. The summed E-state index contributed by atoms with van der Waals surface area (Å²) in [4.78, 5) is 12.3. The molecular formula is C16H18N2O. The van der Waals surface area contributed by atoms with Crippen LogP contribution < -0.4 is 11.1 Å². The monoisotopic (exact) mass is 254 g/mol. The standard InChI is InChI=1S/C16H18N2O/c1-10-5-4-6-14(12(10)3)16(19)18-15-9-13(17)8-7-11(15)2/h4-9H,17H2,1-3H3,(H,18,19). The number of nitrogen functional groups attached to an aromatic ring is 1.